The summed E-state index contributed by atoms with van der Waals surface area (Å²) in [4.78, 5) is 12.6. The highest BCUT2D eigenvalue weighted by molar-refractivity contribution is 7.89. The fourth-order valence-electron chi connectivity index (χ4n) is 2.40. The van der Waals surface area contributed by atoms with Gasteiger partial charge in [0.2, 0.25) is 10.0 Å². The van der Waals surface area contributed by atoms with Crippen molar-refractivity contribution in [2.45, 2.75) is 23.8 Å². The zero-order valence-electron chi connectivity index (χ0n) is 14.5. The van der Waals surface area contributed by atoms with Crippen molar-refractivity contribution in [3.8, 4) is 11.5 Å². The molecule has 1 aliphatic rings. The number of carbonyl (C=O) groups is 1. The second-order valence-corrected chi connectivity index (χ2v) is 7.66. The number of carbonyl (C=O) groups excluding carboxylic acids is 1. The summed E-state index contributed by atoms with van der Waals surface area (Å²) in [6, 6.07) is 11.0. The minimum Gasteiger partial charge on any atom is -0.497 e. The van der Waals surface area contributed by atoms with E-state index in [0.717, 1.165) is 12.8 Å². The molecule has 0 atom stereocenters. The molecule has 26 heavy (non-hydrogen) atoms. The fourth-order valence-corrected chi connectivity index (χ4v) is 3.73. The third kappa shape index (κ3) is 4.14. The molecule has 7 nitrogen and oxygen atoms in total. The maximum absolute atomic E-state index is 12.5. The summed E-state index contributed by atoms with van der Waals surface area (Å²) in [6.45, 7) is 0. The molecule has 0 heterocycles. The van der Waals surface area contributed by atoms with E-state index < -0.39 is 15.9 Å². The summed E-state index contributed by atoms with van der Waals surface area (Å²) in [6.07, 6.45) is 1.68. The first-order chi connectivity index (χ1) is 12.4. The highest BCUT2D eigenvalue weighted by atomic mass is 32.2. The minimum atomic E-state index is -3.63. The second kappa shape index (κ2) is 7.35. The van der Waals surface area contributed by atoms with Crippen LogP contribution in [0.2, 0.25) is 0 Å². The second-order valence-electron chi connectivity index (χ2n) is 5.94. The average molecular weight is 376 g/mol. The van der Waals surface area contributed by atoms with Gasteiger partial charge in [-0.25, -0.2) is 13.1 Å². The Morgan fingerprint density at radius 1 is 1.08 bits per heavy atom. The number of ether oxygens (including phenoxy) is 2. The molecule has 0 aliphatic heterocycles. The summed E-state index contributed by atoms with van der Waals surface area (Å²) < 4.78 is 37.7. The molecular formula is C18H20N2O5S. The van der Waals surface area contributed by atoms with Crippen molar-refractivity contribution >= 4 is 21.6 Å². The number of amides is 1. The van der Waals surface area contributed by atoms with Crippen LogP contribution < -0.4 is 19.5 Å². The predicted octanol–water partition coefficient (Wildman–Crippen LogP) is 2.40. The van der Waals surface area contributed by atoms with Gasteiger partial charge in [0, 0.05) is 11.6 Å². The Morgan fingerprint density at radius 3 is 2.50 bits per heavy atom. The maximum Gasteiger partial charge on any atom is 0.255 e. The number of methoxy groups -OCH3 is 2. The Labute approximate surface area is 152 Å². The molecule has 2 N–H and O–H groups in total. The Kier molecular flexibility index (Phi) is 5.15. The summed E-state index contributed by atoms with van der Waals surface area (Å²) in [7, 11) is -0.666. The summed E-state index contributed by atoms with van der Waals surface area (Å²) in [5.41, 5.74) is 0.662. The van der Waals surface area contributed by atoms with Crippen LogP contribution in [-0.4, -0.2) is 34.6 Å². The van der Waals surface area contributed by atoms with Gasteiger partial charge in [-0.15, -0.1) is 0 Å². The standard InChI is InChI=1S/C18H20N2O5S/c1-24-14-5-3-4-12(10-14)18(21)19-16-11-15(8-9-17(16)25-2)26(22,23)20-13-6-7-13/h3-5,8-11,13,20H,6-7H2,1-2H3,(H,19,21). The van der Waals surface area contributed by atoms with Crippen LogP contribution in [0.5, 0.6) is 11.5 Å². The zero-order chi connectivity index (χ0) is 18.7. The highest BCUT2D eigenvalue weighted by Gasteiger charge is 2.28. The molecule has 0 unspecified atom stereocenters. The van der Waals surface area contributed by atoms with Gasteiger partial charge < -0.3 is 14.8 Å². The molecule has 0 aromatic heterocycles. The lowest BCUT2D eigenvalue weighted by Gasteiger charge is -2.13. The number of benzene rings is 2. The van der Waals surface area contributed by atoms with Crippen molar-refractivity contribution in [3.63, 3.8) is 0 Å². The van der Waals surface area contributed by atoms with E-state index in [1.165, 1.54) is 32.4 Å². The minimum absolute atomic E-state index is 0.00285. The maximum atomic E-state index is 12.5. The fraction of sp³-hybridized carbons (Fsp3) is 0.278. The van der Waals surface area contributed by atoms with Crippen molar-refractivity contribution in [2.24, 2.45) is 0 Å². The van der Waals surface area contributed by atoms with E-state index in [-0.39, 0.29) is 16.6 Å². The van der Waals surface area contributed by atoms with E-state index in [1.807, 2.05) is 0 Å². The molecule has 0 spiro atoms. The van der Waals surface area contributed by atoms with Crippen molar-refractivity contribution in [2.75, 3.05) is 19.5 Å². The van der Waals surface area contributed by atoms with Gasteiger partial charge in [0.25, 0.3) is 5.91 Å². The van der Waals surface area contributed by atoms with Crippen LogP contribution >= 0.6 is 0 Å². The molecule has 1 amide bonds. The molecular weight excluding hydrogens is 356 g/mol. The topological polar surface area (TPSA) is 93.7 Å². The van der Waals surface area contributed by atoms with Crippen molar-refractivity contribution in [1.82, 2.24) is 4.72 Å². The Balaban J connectivity index is 1.87. The van der Waals surface area contributed by atoms with Gasteiger partial charge in [0.15, 0.2) is 0 Å². The molecule has 0 radical (unpaired) electrons. The molecule has 0 saturated heterocycles. The zero-order valence-corrected chi connectivity index (χ0v) is 15.3. The molecule has 3 rings (SSSR count). The average Bonchev–Trinajstić information content (AvgIpc) is 3.45. The van der Waals surface area contributed by atoms with Crippen molar-refractivity contribution in [1.29, 1.82) is 0 Å². The number of nitrogens with one attached hydrogen (secondary N) is 2. The van der Waals surface area contributed by atoms with Crippen LogP contribution in [0.25, 0.3) is 0 Å². The highest BCUT2D eigenvalue weighted by Crippen LogP contribution is 2.29. The van der Waals surface area contributed by atoms with Crippen molar-refractivity contribution < 1.29 is 22.7 Å². The lowest BCUT2D eigenvalue weighted by molar-refractivity contribution is 0.102. The summed E-state index contributed by atoms with van der Waals surface area (Å²) >= 11 is 0. The third-order valence-corrected chi connectivity index (χ3v) is 5.48. The van der Waals surface area contributed by atoms with E-state index in [9.17, 15) is 13.2 Å². The first-order valence-electron chi connectivity index (χ1n) is 8.09. The van der Waals surface area contributed by atoms with E-state index in [1.54, 1.807) is 24.3 Å². The molecule has 1 saturated carbocycles. The summed E-state index contributed by atoms with van der Waals surface area (Å²) in [5, 5.41) is 2.70. The largest absolute Gasteiger partial charge is 0.497 e. The van der Waals surface area contributed by atoms with Gasteiger partial charge in [0.05, 0.1) is 24.8 Å². The van der Waals surface area contributed by atoms with Gasteiger partial charge in [-0.1, -0.05) is 6.07 Å². The van der Waals surface area contributed by atoms with Crippen LogP contribution in [0.15, 0.2) is 47.4 Å². The molecule has 138 valence electrons. The first-order valence-corrected chi connectivity index (χ1v) is 9.57. The lowest BCUT2D eigenvalue weighted by atomic mass is 10.2. The predicted molar refractivity (Wildman–Crippen MR) is 97.3 cm³/mol. The first kappa shape index (κ1) is 18.2. The molecule has 0 bridgehead atoms. The van der Waals surface area contributed by atoms with Crippen LogP contribution in [0.1, 0.15) is 23.2 Å². The van der Waals surface area contributed by atoms with E-state index >= 15 is 0 Å². The monoisotopic (exact) mass is 376 g/mol. The number of sulfonamides is 1. The molecule has 8 heteroatoms. The van der Waals surface area contributed by atoms with Gasteiger partial charge in [-0.3, -0.25) is 4.79 Å². The van der Waals surface area contributed by atoms with Crippen LogP contribution in [0.4, 0.5) is 5.69 Å². The quantitative estimate of drug-likeness (QED) is 0.774. The van der Waals surface area contributed by atoms with Gasteiger partial charge >= 0.3 is 0 Å². The Bertz CT molecular complexity index is 923. The molecule has 1 aliphatic carbocycles. The van der Waals surface area contributed by atoms with Crippen LogP contribution in [-0.2, 0) is 10.0 Å². The molecule has 2 aromatic rings. The number of anilines is 1. The number of hydrogen-bond acceptors (Lipinski definition) is 5. The Hall–Kier alpha value is -2.58. The van der Waals surface area contributed by atoms with Crippen LogP contribution in [0.3, 0.4) is 0 Å². The smallest absolute Gasteiger partial charge is 0.255 e. The molecule has 1 fully saturated rings. The number of hydrogen-bond donors (Lipinski definition) is 2. The van der Waals surface area contributed by atoms with Crippen LogP contribution in [0, 0.1) is 0 Å². The van der Waals surface area contributed by atoms with Gasteiger partial charge in [-0.05, 0) is 49.2 Å². The molecule has 2 aromatic carbocycles. The lowest BCUT2D eigenvalue weighted by Crippen LogP contribution is -2.25. The van der Waals surface area contributed by atoms with Crippen molar-refractivity contribution in [3.05, 3.63) is 48.0 Å². The van der Waals surface area contributed by atoms with Gasteiger partial charge in [-0.2, -0.15) is 0 Å². The third-order valence-electron chi connectivity index (χ3n) is 3.96. The SMILES string of the molecule is COc1cccc(C(=O)Nc2cc(S(=O)(=O)NC3CC3)ccc2OC)c1. The number of rotatable bonds is 7. The van der Waals surface area contributed by atoms with E-state index in [0.29, 0.717) is 17.1 Å². The van der Waals surface area contributed by atoms with Gasteiger partial charge in [0.1, 0.15) is 11.5 Å². The van der Waals surface area contributed by atoms with E-state index in [2.05, 4.69) is 10.0 Å². The van der Waals surface area contributed by atoms with E-state index in [4.69, 9.17) is 9.47 Å². The normalized spacial score (nSPS) is 13.9. The Morgan fingerprint density at radius 2 is 1.85 bits per heavy atom. The summed E-state index contributed by atoms with van der Waals surface area (Å²) in [5.74, 6) is 0.521.